The lowest BCUT2D eigenvalue weighted by Gasteiger charge is -1.95. The van der Waals surface area contributed by atoms with Gasteiger partial charge in [-0.1, -0.05) is 23.4 Å². The third kappa shape index (κ3) is 2.15. The topological polar surface area (TPSA) is 58.9 Å². The molecule has 1 N–H and O–H groups in total. The molecule has 0 aliphatic heterocycles. The number of halogens is 1. The van der Waals surface area contributed by atoms with E-state index in [0.717, 1.165) is 10.9 Å². The standard InChI is InChI=1S/C14H12N2O2.ClH/c1-8-13(9(2)18-16-8)14(17)12-7-10-5-3-4-6-11(10)15-12;/h3-7,15H,1-2H3;1H. The van der Waals surface area contributed by atoms with Gasteiger partial charge in [0.2, 0.25) is 5.78 Å². The van der Waals surface area contributed by atoms with Crippen LogP contribution in [-0.4, -0.2) is 15.9 Å². The molecule has 0 aliphatic carbocycles. The van der Waals surface area contributed by atoms with Crippen molar-refractivity contribution in [2.75, 3.05) is 0 Å². The molecular formula is C14H13ClN2O2. The summed E-state index contributed by atoms with van der Waals surface area (Å²) >= 11 is 0. The van der Waals surface area contributed by atoms with Crippen LogP contribution < -0.4 is 0 Å². The molecule has 0 saturated carbocycles. The Labute approximate surface area is 116 Å². The third-order valence-electron chi connectivity index (χ3n) is 3.04. The minimum absolute atomic E-state index is 0. The highest BCUT2D eigenvalue weighted by molar-refractivity contribution is 6.11. The summed E-state index contributed by atoms with van der Waals surface area (Å²) in [5.41, 5.74) is 2.68. The Morgan fingerprint density at radius 1 is 1.26 bits per heavy atom. The molecule has 0 aliphatic rings. The maximum atomic E-state index is 12.4. The molecule has 0 bridgehead atoms. The smallest absolute Gasteiger partial charge is 0.214 e. The van der Waals surface area contributed by atoms with Crippen molar-refractivity contribution in [3.8, 4) is 0 Å². The molecule has 2 aromatic heterocycles. The van der Waals surface area contributed by atoms with Crippen LogP contribution in [0.3, 0.4) is 0 Å². The Kier molecular flexibility index (Phi) is 3.44. The number of carbonyl (C=O) groups is 1. The average Bonchev–Trinajstić information content (AvgIpc) is 2.92. The number of fused-ring (bicyclic) bond motifs is 1. The van der Waals surface area contributed by atoms with E-state index in [9.17, 15) is 4.79 Å². The van der Waals surface area contributed by atoms with E-state index in [1.54, 1.807) is 13.8 Å². The van der Waals surface area contributed by atoms with Crippen LogP contribution in [0.5, 0.6) is 0 Å². The predicted molar refractivity (Wildman–Crippen MR) is 75.0 cm³/mol. The van der Waals surface area contributed by atoms with Crippen molar-refractivity contribution >= 4 is 29.1 Å². The summed E-state index contributed by atoms with van der Waals surface area (Å²) in [4.78, 5) is 15.5. The van der Waals surface area contributed by atoms with Crippen LogP contribution in [0, 0.1) is 13.8 Å². The van der Waals surface area contributed by atoms with Crippen molar-refractivity contribution in [2.24, 2.45) is 0 Å². The van der Waals surface area contributed by atoms with E-state index < -0.39 is 0 Å². The first-order chi connectivity index (χ1) is 8.66. The fraction of sp³-hybridized carbons (Fsp3) is 0.143. The summed E-state index contributed by atoms with van der Waals surface area (Å²) in [5, 5.41) is 4.83. The fourth-order valence-electron chi connectivity index (χ4n) is 2.14. The van der Waals surface area contributed by atoms with Crippen LogP contribution in [-0.2, 0) is 0 Å². The van der Waals surface area contributed by atoms with Crippen LogP contribution in [0.25, 0.3) is 10.9 Å². The van der Waals surface area contributed by atoms with E-state index in [-0.39, 0.29) is 18.2 Å². The minimum atomic E-state index is -0.0811. The molecule has 0 radical (unpaired) electrons. The van der Waals surface area contributed by atoms with Gasteiger partial charge in [0.05, 0.1) is 17.0 Å². The summed E-state index contributed by atoms with van der Waals surface area (Å²) < 4.78 is 5.03. The quantitative estimate of drug-likeness (QED) is 0.730. The van der Waals surface area contributed by atoms with Crippen molar-refractivity contribution in [1.82, 2.24) is 10.1 Å². The molecule has 4 nitrogen and oxygen atoms in total. The van der Waals surface area contributed by atoms with Crippen molar-refractivity contribution in [3.63, 3.8) is 0 Å². The highest BCUT2D eigenvalue weighted by atomic mass is 35.5. The maximum absolute atomic E-state index is 12.4. The van der Waals surface area contributed by atoms with Crippen molar-refractivity contribution in [2.45, 2.75) is 13.8 Å². The summed E-state index contributed by atoms with van der Waals surface area (Å²) in [7, 11) is 0. The first kappa shape index (κ1) is 13.4. The van der Waals surface area contributed by atoms with Gasteiger partial charge in [0.25, 0.3) is 0 Å². The second kappa shape index (κ2) is 4.90. The Morgan fingerprint density at radius 2 is 2.00 bits per heavy atom. The number of rotatable bonds is 2. The van der Waals surface area contributed by atoms with Gasteiger partial charge >= 0.3 is 0 Å². The van der Waals surface area contributed by atoms with E-state index in [0.29, 0.717) is 22.7 Å². The normalized spacial score (nSPS) is 10.4. The van der Waals surface area contributed by atoms with Crippen LogP contribution in [0.4, 0.5) is 0 Å². The van der Waals surface area contributed by atoms with E-state index in [2.05, 4.69) is 10.1 Å². The number of benzene rings is 1. The van der Waals surface area contributed by atoms with E-state index >= 15 is 0 Å². The molecule has 0 atom stereocenters. The number of aryl methyl sites for hydroxylation is 2. The molecule has 5 heteroatoms. The number of ketones is 1. The minimum Gasteiger partial charge on any atom is -0.361 e. The molecule has 3 aromatic rings. The number of H-pyrrole nitrogens is 1. The molecule has 0 unspecified atom stereocenters. The zero-order valence-electron chi connectivity index (χ0n) is 10.6. The van der Waals surface area contributed by atoms with Crippen molar-refractivity contribution < 1.29 is 9.32 Å². The Bertz CT molecular complexity index is 690. The van der Waals surface area contributed by atoms with Gasteiger partial charge < -0.3 is 9.51 Å². The van der Waals surface area contributed by atoms with E-state index in [1.165, 1.54) is 0 Å². The van der Waals surface area contributed by atoms with Gasteiger partial charge in [-0.25, -0.2) is 0 Å². The van der Waals surface area contributed by atoms with Crippen LogP contribution in [0.2, 0.25) is 0 Å². The largest absolute Gasteiger partial charge is 0.361 e. The Hall–Kier alpha value is -2.07. The zero-order valence-corrected chi connectivity index (χ0v) is 11.4. The molecule has 0 fully saturated rings. The van der Waals surface area contributed by atoms with Crippen molar-refractivity contribution in [1.29, 1.82) is 0 Å². The molecule has 1 aromatic carbocycles. The average molecular weight is 277 g/mol. The van der Waals surface area contributed by atoms with Gasteiger partial charge in [-0.2, -0.15) is 0 Å². The highest BCUT2D eigenvalue weighted by Gasteiger charge is 2.20. The summed E-state index contributed by atoms with van der Waals surface area (Å²) in [6, 6.07) is 9.64. The number of para-hydroxylation sites is 1. The monoisotopic (exact) mass is 276 g/mol. The van der Waals surface area contributed by atoms with Crippen LogP contribution in [0.1, 0.15) is 27.5 Å². The second-order valence-electron chi connectivity index (χ2n) is 4.30. The second-order valence-corrected chi connectivity index (χ2v) is 4.30. The highest BCUT2D eigenvalue weighted by Crippen LogP contribution is 2.20. The lowest BCUT2D eigenvalue weighted by Crippen LogP contribution is -2.03. The lowest BCUT2D eigenvalue weighted by atomic mass is 10.1. The lowest BCUT2D eigenvalue weighted by molar-refractivity contribution is 0.103. The van der Waals surface area contributed by atoms with Gasteiger partial charge in [0.15, 0.2) is 0 Å². The fourth-order valence-corrected chi connectivity index (χ4v) is 2.14. The molecule has 0 spiro atoms. The summed E-state index contributed by atoms with van der Waals surface area (Å²) in [6.07, 6.45) is 0. The van der Waals surface area contributed by atoms with E-state index in [1.807, 2.05) is 30.3 Å². The van der Waals surface area contributed by atoms with Gasteiger partial charge in [0, 0.05) is 10.9 Å². The number of carbonyl (C=O) groups excluding carboxylic acids is 1. The van der Waals surface area contributed by atoms with Gasteiger partial charge in [-0.3, -0.25) is 4.79 Å². The summed E-state index contributed by atoms with van der Waals surface area (Å²) in [5.74, 6) is 0.471. The molecule has 19 heavy (non-hydrogen) atoms. The molecule has 0 saturated heterocycles. The number of hydrogen-bond acceptors (Lipinski definition) is 3. The molecule has 2 heterocycles. The number of aromatic amines is 1. The summed E-state index contributed by atoms with van der Waals surface area (Å²) in [6.45, 7) is 3.52. The molecule has 3 rings (SSSR count). The van der Waals surface area contributed by atoms with E-state index in [4.69, 9.17) is 4.52 Å². The number of nitrogens with zero attached hydrogens (tertiary/aromatic N) is 1. The van der Waals surface area contributed by atoms with Crippen LogP contribution >= 0.6 is 12.4 Å². The number of nitrogens with one attached hydrogen (secondary N) is 1. The maximum Gasteiger partial charge on any atom is 0.214 e. The molecule has 0 amide bonds. The molecular weight excluding hydrogens is 264 g/mol. The zero-order chi connectivity index (χ0) is 12.7. The Morgan fingerprint density at radius 3 is 2.63 bits per heavy atom. The van der Waals surface area contributed by atoms with Crippen molar-refractivity contribution in [3.05, 3.63) is 53.0 Å². The Balaban J connectivity index is 0.00000133. The number of aromatic nitrogens is 2. The van der Waals surface area contributed by atoms with Crippen LogP contribution in [0.15, 0.2) is 34.9 Å². The van der Waals surface area contributed by atoms with Gasteiger partial charge in [-0.15, -0.1) is 12.4 Å². The first-order valence-electron chi connectivity index (χ1n) is 5.72. The number of hydrogen-bond donors (Lipinski definition) is 1. The molecule has 98 valence electrons. The van der Waals surface area contributed by atoms with Gasteiger partial charge in [-0.05, 0) is 26.0 Å². The SMILES string of the molecule is Cc1noc(C)c1C(=O)c1cc2ccccc2[nH]1.Cl. The first-order valence-corrected chi connectivity index (χ1v) is 5.72. The van der Waals surface area contributed by atoms with Gasteiger partial charge in [0.1, 0.15) is 5.76 Å². The predicted octanol–water partition coefficient (Wildman–Crippen LogP) is 3.43. The third-order valence-corrected chi connectivity index (χ3v) is 3.04.